The minimum Gasteiger partial charge on any atom is -0.484 e. The lowest BCUT2D eigenvalue weighted by Gasteiger charge is -2.26. The molecule has 0 saturated carbocycles. The van der Waals surface area contributed by atoms with Crippen molar-refractivity contribution in [1.82, 2.24) is 24.8 Å². The van der Waals surface area contributed by atoms with Crippen LogP contribution in [0.2, 0.25) is 0 Å². The minimum atomic E-state index is -4.53. The largest absolute Gasteiger partial charge is 0.484 e. The van der Waals surface area contributed by atoms with Gasteiger partial charge in [-0.25, -0.2) is 4.98 Å². The van der Waals surface area contributed by atoms with Crippen molar-refractivity contribution in [3.63, 3.8) is 0 Å². The van der Waals surface area contributed by atoms with Crippen LogP contribution in [-0.4, -0.2) is 50.5 Å². The molecule has 2 fully saturated rings. The molecular weight excluding hydrogens is 517 g/mol. The Morgan fingerprint density at radius 2 is 2.11 bits per heavy atom. The number of thiophene rings is 1. The van der Waals surface area contributed by atoms with E-state index in [-0.39, 0.29) is 16.2 Å². The SMILES string of the molecule is C[C@@H](Oc1cc(-n2cnc3cnc(CN4C[C@@H]5C[C@H]4CN5)cc32)sc1C(N)=O)c1ccccc1C(F)(F)F. The molecule has 0 spiro atoms. The van der Waals surface area contributed by atoms with E-state index in [1.165, 1.54) is 25.1 Å². The standard InChI is InChI=1S/C26H25F3N6O2S/c1-14(18-4-2-3-5-19(18)26(27,28)29)37-22-8-23(38-24(22)25(30)36)35-13-33-20-10-32-16(7-21(20)35)12-34-11-15-6-17(34)9-31-15/h2-5,7-8,10,13-15,17,31H,6,9,11-12H2,1H3,(H2,30,36)/t14-,15+,17+/m1/s1. The van der Waals surface area contributed by atoms with Crippen LogP contribution in [-0.2, 0) is 12.7 Å². The van der Waals surface area contributed by atoms with Gasteiger partial charge in [0, 0.05) is 43.3 Å². The zero-order valence-electron chi connectivity index (χ0n) is 20.4. The normalized spacial score (nSPS) is 20.3. The van der Waals surface area contributed by atoms with E-state index < -0.39 is 23.8 Å². The predicted molar refractivity (Wildman–Crippen MR) is 136 cm³/mol. The van der Waals surface area contributed by atoms with Gasteiger partial charge in [0.05, 0.1) is 23.0 Å². The average Bonchev–Trinajstić information content (AvgIpc) is 3.67. The minimum absolute atomic E-state index is 0.0298. The summed E-state index contributed by atoms with van der Waals surface area (Å²) in [5.74, 6) is -0.601. The van der Waals surface area contributed by atoms with Crippen LogP contribution in [0.15, 0.2) is 48.9 Å². The molecule has 5 heterocycles. The molecule has 0 radical (unpaired) electrons. The van der Waals surface area contributed by atoms with Crippen molar-refractivity contribution in [3.8, 4) is 10.8 Å². The number of benzene rings is 1. The van der Waals surface area contributed by atoms with Crippen LogP contribution in [0.3, 0.4) is 0 Å². The Labute approximate surface area is 220 Å². The molecule has 1 amide bonds. The van der Waals surface area contributed by atoms with Gasteiger partial charge < -0.3 is 15.8 Å². The van der Waals surface area contributed by atoms with Crippen molar-refractivity contribution in [1.29, 1.82) is 0 Å². The van der Waals surface area contributed by atoms with Crippen molar-refractivity contribution >= 4 is 28.3 Å². The molecule has 0 aliphatic carbocycles. The number of primary amides is 1. The van der Waals surface area contributed by atoms with Crippen LogP contribution < -0.4 is 15.8 Å². The Hall–Kier alpha value is -3.48. The third-order valence-electron chi connectivity index (χ3n) is 7.18. The second kappa shape index (κ2) is 9.37. The molecular formula is C26H25F3N6O2S. The summed E-state index contributed by atoms with van der Waals surface area (Å²) in [6.07, 6.45) is -1.01. The second-order valence-corrected chi connectivity index (χ2v) is 10.7. The Balaban J connectivity index is 1.31. The summed E-state index contributed by atoms with van der Waals surface area (Å²) in [5, 5.41) is 4.10. The number of ether oxygens (including phenoxy) is 1. The van der Waals surface area contributed by atoms with Gasteiger partial charge in [-0.2, -0.15) is 13.2 Å². The fourth-order valence-corrected chi connectivity index (χ4v) is 6.30. The molecule has 2 bridgehead atoms. The van der Waals surface area contributed by atoms with Crippen LogP contribution in [0, 0.1) is 0 Å². The second-order valence-electron chi connectivity index (χ2n) is 9.69. The number of nitrogens with zero attached hydrogens (tertiary/aromatic N) is 4. The molecule has 2 aliphatic heterocycles. The lowest BCUT2D eigenvalue weighted by Crippen LogP contribution is -2.43. The number of amides is 1. The number of fused-ring (bicyclic) bond motifs is 3. The zero-order chi connectivity index (χ0) is 26.6. The fourth-order valence-electron chi connectivity index (χ4n) is 5.37. The summed E-state index contributed by atoms with van der Waals surface area (Å²) in [7, 11) is 0. The molecule has 8 nitrogen and oxygen atoms in total. The molecule has 4 aromatic rings. The van der Waals surface area contributed by atoms with Gasteiger partial charge in [-0.1, -0.05) is 18.2 Å². The van der Waals surface area contributed by atoms with Crippen LogP contribution in [0.25, 0.3) is 16.0 Å². The lowest BCUT2D eigenvalue weighted by atomic mass is 10.0. The summed E-state index contributed by atoms with van der Waals surface area (Å²) < 4.78 is 48.4. The number of nitrogens with one attached hydrogen (secondary N) is 1. The van der Waals surface area contributed by atoms with Gasteiger partial charge >= 0.3 is 6.18 Å². The van der Waals surface area contributed by atoms with Crippen LogP contribution >= 0.6 is 11.3 Å². The Kier molecular flexibility index (Phi) is 6.12. The van der Waals surface area contributed by atoms with Gasteiger partial charge in [-0.05, 0) is 25.5 Å². The molecule has 3 N–H and O–H groups in total. The molecule has 0 unspecified atom stereocenters. The van der Waals surface area contributed by atoms with Gasteiger partial charge in [0.2, 0.25) is 0 Å². The molecule has 2 aliphatic rings. The van der Waals surface area contributed by atoms with E-state index in [0.717, 1.165) is 54.7 Å². The summed E-state index contributed by atoms with van der Waals surface area (Å²) in [4.78, 5) is 23.8. The summed E-state index contributed by atoms with van der Waals surface area (Å²) in [6, 6.07) is 9.87. The number of piperazine rings is 1. The number of aromatic nitrogens is 3. The van der Waals surface area contributed by atoms with E-state index in [1.54, 1.807) is 18.6 Å². The first-order valence-corrected chi connectivity index (χ1v) is 13.0. The molecule has 198 valence electrons. The summed E-state index contributed by atoms with van der Waals surface area (Å²) >= 11 is 1.10. The number of hydrogen-bond donors (Lipinski definition) is 2. The van der Waals surface area contributed by atoms with Gasteiger partial charge in [0.15, 0.2) is 0 Å². The van der Waals surface area contributed by atoms with Crippen molar-refractivity contribution in [2.45, 2.75) is 44.3 Å². The number of pyridine rings is 1. The van der Waals surface area contributed by atoms with Gasteiger partial charge in [-0.3, -0.25) is 19.2 Å². The number of hydrogen-bond acceptors (Lipinski definition) is 7. The topological polar surface area (TPSA) is 98.3 Å². The van der Waals surface area contributed by atoms with Gasteiger partial charge in [0.25, 0.3) is 5.91 Å². The highest BCUT2D eigenvalue weighted by Crippen LogP contribution is 2.39. The number of halogens is 3. The first kappa shape index (κ1) is 24.8. The molecule has 1 aromatic carbocycles. The van der Waals surface area contributed by atoms with Crippen LogP contribution in [0.4, 0.5) is 13.2 Å². The highest BCUT2D eigenvalue weighted by Gasteiger charge is 2.37. The van der Waals surface area contributed by atoms with Crippen molar-refractivity contribution < 1.29 is 22.7 Å². The quantitative estimate of drug-likeness (QED) is 0.362. The Morgan fingerprint density at radius 1 is 1.29 bits per heavy atom. The molecule has 2 saturated heterocycles. The monoisotopic (exact) mass is 542 g/mol. The fraction of sp³-hybridized carbons (Fsp3) is 0.346. The maximum atomic E-state index is 13.5. The van der Waals surface area contributed by atoms with Crippen molar-refractivity contribution in [3.05, 3.63) is 70.6 Å². The predicted octanol–water partition coefficient (Wildman–Crippen LogP) is 4.29. The third-order valence-corrected chi connectivity index (χ3v) is 8.31. The maximum Gasteiger partial charge on any atom is 0.416 e. The Morgan fingerprint density at radius 3 is 2.82 bits per heavy atom. The number of likely N-dealkylation sites (tertiary alicyclic amines) is 1. The number of carbonyl (C=O) groups is 1. The maximum absolute atomic E-state index is 13.5. The van der Waals surface area contributed by atoms with Crippen LogP contribution in [0.5, 0.6) is 5.75 Å². The zero-order valence-corrected chi connectivity index (χ0v) is 21.2. The number of nitrogens with two attached hydrogens (primary N) is 1. The summed E-state index contributed by atoms with van der Waals surface area (Å²) in [6.45, 7) is 4.22. The van der Waals surface area contributed by atoms with Gasteiger partial charge in [-0.15, -0.1) is 11.3 Å². The smallest absolute Gasteiger partial charge is 0.416 e. The number of alkyl halides is 3. The lowest BCUT2D eigenvalue weighted by molar-refractivity contribution is -0.138. The van der Waals surface area contributed by atoms with E-state index in [4.69, 9.17) is 10.5 Å². The van der Waals surface area contributed by atoms with E-state index in [1.807, 2.05) is 10.6 Å². The number of carbonyl (C=O) groups excluding carboxylic acids is 1. The Bertz CT molecular complexity index is 1520. The first-order valence-electron chi connectivity index (χ1n) is 12.2. The highest BCUT2D eigenvalue weighted by molar-refractivity contribution is 7.16. The molecule has 12 heteroatoms. The molecule has 3 atom stereocenters. The molecule has 6 rings (SSSR count). The van der Waals surface area contributed by atoms with Crippen molar-refractivity contribution in [2.75, 3.05) is 13.1 Å². The number of rotatable bonds is 7. The number of imidazole rings is 1. The first-order chi connectivity index (χ1) is 18.2. The van der Waals surface area contributed by atoms with Crippen molar-refractivity contribution in [2.24, 2.45) is 5.73 Å². The van der Waals surface area contributed by atoms with E-state index in [9.17, 15) is 18.0 Å². The molecule has 38 heavy (non-hydrogen) atoms. The molecule has 3 aromatic heterocycles. The van der Waals surface area contributed by atoms with E-state index in [0.29, 0.717) is 22.6 Å². The van der Waals surface area contributed by atoms with E-state index >= 15 is 0 Å². The average molecular weight is 543 g/mol. The van der Waals surface area contributed by atoms with E-state index in [2.05, 4.69) is 20.2 Å². The summed E-state index contributed by atoms with van der Waals surface area (Å²) in [5.41, 5.74) is 7.20. The third kappa shape index (κ3) is 4.52. The highest BCUT2D eigenvalue weighted by atomic mass is 32.1. The van der Waals surface area contributed by atoms with Gasteiger partial charge in [0.1, 0.15) is 33.6 Å². The van der Waals surface area contributed by atoms with Crippen LogP contribution in [0.1, 0.15) is 45.9 Å².